The second-order valence-electron chi connectivity index (χ2n) is 5.09. The van der Waals surface area contributed by atoms with Crippen molar-refractivity contribution in [2.75, 3.05) is 7.05 Å². The van der Waals surface area contributed by atoms with Gasteiger partial charge in [-0.1, -0.05) is 18.2 Å². The van der Waals surface area contributed by atoms with Gasteiger partial charge in [0.15, 0.2) is 0 Å². The number of rotatable bonds is 3. The van der Waals surface area contributed by atoms with E-state index in [1.165, 1.54) is 17.4 Å². The van der Waals surface area contributed by atoms with Crippen LogP contribution >= 0.6 is 11.3 Å². The standard InChI is InChI=1S/C16H15N3O2S/c1-10(14-8-17-9-22-14)19(2)16(21)12-7-15(20)18-13-6-4-3-5-11(12)13/h3-10H,1-2H3,(H,18,20)/t10-/m0/s1. The van der Waals surface area contributed by atoms with E-state index in [1.54, 1.807) is 29.7 Å². The lowest BCUT2D eigenvalue weighted by atomic mass is 10.1. The first-order chi connectivity index (χ1) is 10.6. The number of nitrogens with one attached hydrogen (secondary N) is 1. The van der Waals surface area contributed by atoms with Gasteiger partial charge in [0.2, 0.25) is 5.56 Å². The lowest BCUT2D eigenvalue weighted by Crippen LogP contribution is -2.30. The van der Waals surface area contributed by atoms with E-state index in [-0.39, 0.29) is 17.5 Å². The van der Waals surface area contributed by atoms with Gasteiger partial charge < -0.3 is 9.88 Å². The highest BCUT2D eigenvalue weighted by Crippen LogP contribution is 2.25. The summed E-state index contributed by atoms with van der Waals surface area (Å²) in [5.41, 5.74) is 2.54. The Hall–Kier alpha value is -2.47. The maximum absolute atomic E-state index is 12.8. The van der Waals surface area contributed by atoms with Crippen molar-refractivity contribution in [2.24, 2.45) is 0 Å². The van der Waals surface area contributed by atoms with Gasteiger partial charge in [-0.3, -0.25) is 14.6 Å². The second-order valence-corrected chi connectivity index (χ2v) is 6.01. The van der Waals surface area contributed by atoms with E-state index < -0.39 is 0 Å². The van der Waals surface area contributed by atoms with Gasteiger partial charge in [0, 0.05) is 35.1 Å². The van der Waals surface area contributed by atoms with Crippen molar-refractivity contribution in [2.45, 2.75) is 13.0 Å². The molecule has 1 amide bonds. The molecule has 1 aromatic carbocycles. The number of benzene rings is 1. The third-order valence-corrected chi connectivity index (χ3v) is 4.69. The number of aromatic nitrogens is 2. The van der Waals surface area contributed by atoms with Gasteiger partial charge in [-0.05, 0) is 13.0 Å². The maximum atomic E-state index is 12.8. The fourth-order valence-electron chi connectivity index (χ4n) is 2.37. The summed E-state index contributed by atoms with van der Waals surface area (Å²) in [5, 5.41) is 0.746. The van der Waals surface area contributed by atoms with Crippen LogP contribution in [0.2, 0.25) is 0 Å². The fraction of sp³-hybridized carbons (Fsp3) is 0.188. The smallest absolute Gasteiger partial charge is 0.255 e. The van der Waals surface area contributed by atoms with Crippen LogP contribution < -0.4 is 5.56 Å². The van der Waals surface area contributed by atoms with Crippen LogP contribution in [0.1, 0.15) is 28.2 Å². The van der Waals surface area contributed by atoms with E-state index in [0.29, 0.717) is 11.1 Å². The van der Waals surface area contributed by atoms with Gasteiger partial charge in [0.25, 0.3) is 5.91 Å². The molecule has 5 nitrogen and oxygen atoms in total. The molecule has 0 aliphatic heterocycles. The zero-order valence-corrected chi connectivity index (χ0v) is 13.1. The number of thiazole rings is 1. The number of H-pyrrole nitrogens is 1. The molecule has 112 valence electrons. The Morgan fingerprint density at radius 2 is 2.14 bits per heavy atom. The van der Waals surface area contributed by atoms with Crippen molar-refractivity contribution in [3.05, 3.63) is 62.8 Å². The molecule has 0 bridgehead atoms. The van der Waals surface area contributed by atoms with E-state index >= 15 is 0 Å². The van der Waals surface area contributed by atoms with Crippen molar-refractivity contribution in [1.29, 1.82) is 0 Å². The van der Waals surface area contributed by atoms with E-state index in [9.17, 15) is 9.59 Å². The molecule has 0 spiro atoms. The Labute approximate surface area is 131 Å². The summed E-state index contributed by atoms with van der Waals surface area (Å²) in [7, 11) is 1.74. The minimum atomic E-state index is -0.277. The van der Waals surface area contributed by atoms with Crippen LogP contribution in [0.4, 0.5) is 0 Å². The first kappa shape index (κ1) is 14.5. The van der Waals surface area contributed by atoms with Crippen molar-refractivity contribution < 1.29 is 4.79 Å². The minimum Gasteiger partial charge on any atom is -0.334 e. The van der Waals surface area contributed by atoms with Crippen LogP contribution in [-0.2, 0) is 0 Å². The van der Waals surface area contributed by atoms with Crippen LogP contribution in [0.5, 0.6) is 0 Å². The number of hydrogen-bond acceptors (Lipinski definition) is 4. The Morgan fingerprint density at radius 1 is 1.36 bits per heavy atom. The highest BCUT2D eigenvalue weighted by atomic mass is 32.1. The summed E-state index contributed by atoms with van der Waals surface area (Å²) in [5.74, 6) is -0.178. The van der Waals surface area contributed by atoms with Crippen molar-refractivity contribution in [3.8, 4) is 0 Å². The van der Waals surface area contributed by atoms with E-state index in [2.05, 4.69) is 9.97 Å². The molecule has 3 aromatic rings. The number of aromatic amines is 1. The van der Waals surface area contributed by atoms with Gasteiger partial charge in [-0.2, -0.15) is 0 Å². The first-order valence-corrected chi connectivity index (χ1v) is 7.73. The molecule has 0 aliphatic rings. The molecule has 1 atom stereocenters. The molecular formula is C16H15N3O2S. The summed E-state index contributed by atoms with van der Waals surface area (Å²) < 4.78 is 0. The summed E-state index contributed by atoms with van der Waals surface area (Å²) >= 11 is 1.51. The number of fused-ring (bicyclic) bond motifs is 1. The Kier molecular flexibility index (Phi) is 3.77. The molecule has 0 saturated carbocycles. The second kappa shape index (κ2) is 5.73. The predicted molar refractivity (Wildman–Crippen MR) is 87.2 cm³/mol. The quantitative estimate of drug-likeness (QED) is 0.808. The molecule has 0 saturated heterocycles. The molecule has 0 aliphatic carbocycles. The molecule has 2 heterocycles. The topological polar surface area (TPSA) is 66.1 Å². The van der Waals surface area contributed by atoms with E-state index in [4.69, 9.17) is 0 Å². The third kappa shape index (κ3) is 2.53. The molecule has 0 unspecified atom stereocenters. The number of para-hydroxylation sites is 1. The Balaban J connectivity index is 2.03. The summed E-state index contributed by atoms with van der Waals surface area (Å²) in [6.07, 6.45) is 1.76. The zero-order chi connectivity index (χ0) is 15.7. The largest absolute Gasteiger partial charge is 0.334 e. The molecule has 1 N–H and O–H groups in total. The average Bonchev–Trinajstić information content (AvgIpc) is 3.06. The number of carbonyl (C=O) groups excluding carboxylic acids is 1. The van der Waals surface area contributed by atoms with Gasteiger partial charge in [0.05, 0.1) is 17.1 Å². The minimum absolute atomic E-state index is 0.0990. The summed E-state index contributed by atoms with van der Waals surface area (Å²) in [6.45, 7) is 1.95. The van der Waals surface area contributed by atoms with Gasteiger partial charge in [0.1, 0.15) is 0 Å². The van der Waals surface area contributed by atoms with Crippen molar-refractivity contribution >= 4 is 28.1 Å². The van der Waals surface area contributed by atoms with Crippen LogP contribution in [0.25, 0.3) is 10.9 Å². The maximum Gasteiger partial charge on any atom is 0.255 e. The summed E-state index contributed by atoms with van der Waals surface area (Å²) in [6, 6.07) is 8.57. The fourth-order valence-corrected chi connectivity index (χ4v) is 3.09. The number of nitrogens with zero attached hydrogens (tertiary/aromatic N) is 2. The number of hydrogen-bond donors (Lipinski definition) is 1. The third-order valence-electron chi connectivity index (χ3n) is 3.75. The zero-order valence-electron chi connectivity index (χ0n) is 12.2. The molecule has 2 aromatic heterocycles. The number of carbonyl (C=O) groups is 1. The highest BCUT2D eigenvalue weighted by Gasteiger charge is 2.22. The Bertz CT molecular complexity index is 870. The molecule has 0 radical (unpaired) electrons. The van der Waals surface area contributed by atoms with Crippen LogP contribution in [0.3, 0.4) is 0 Å². The number of pyridine rings is 1. The first-order valence-electron chi connectivity index (χ1n) is 6.85. The van der Waals surface area contributed by atoms with Crippen molar-refractivity contribution in [3.63, 3.8) is 0 Å². The summed E-state index contributed by atoms with van der Waals surface area (Å²) in [4.78, 5) is 34.0. The molecule has 6 heteroatoms. The monoisotopic (exact) mass is 313 g/mol. The van der Waals surface area contributed by atoms with Gasteiger partial charge >= 0.3 is 0 Å². The normalized spacial score (nSPS) is 12.3. The van der Waals surface area contributed by atoms with Crippen LogP contribution in [0.15, 0.2) is 46.8 Å². The van der Waals surface area contributed by atoms with Crippen molar-refractivity contribution in [1.82, 2.24) is 14.9 Å². The van der Waals surface area contributed by atoms with E-state index in [0.717, 1.165) is 10.3 Å². The van der Waals surface area contributed by atoms with Crippen LogP contribution in [-0.4, -0.2) is 27.8 Å². The average molecular weight is 313 g/mol. The van der Waals surface area contributed by atoms with E-state index in [1.807, 2.05) is 25.1 Å². The molecule has 0 fully saturated rings. The lowest BCUT2D eigenvalue weighted by molar-refractivity contribution is 0.0746. The Morgan fingerprint density at radius 3 is 2.86 bits per heavy atom. The predicted octanol–water partition coefficient (Wildman–Crippen LogP) is 2.82. The molecular weight excluding hydrogens is 298 g/mol. The number of amides is 1. The highest BCUT2D eigenvalue weighted by molar-refractivity contribution is 7.09. The van der Waals surface area contributed by atoms with Crippen LogP contribution in [0, 0.1) is 0 Å². The van der Waals surface area contributed by atoms with Gasteiger partial charge in [-0.15, -0.1) is 11.3 Å². The van der Waals surface area contributed by atoms with Gasteiger partial charge in [-0.25, -0.2) is 0 Å². The molecule has 3 rings (SSSR count). The lowest BCUT2D eigenvalue weighted by Gasteiger charge is -2.24. The SMILES string of the molecule is C[C@@H](c1cncs1)N(C)C(=O)c1cc(=O)[nH]c2ccccc12. The molecule has 22 heavy (non-hydrogen) atoms.